The summed E-state index contributed by atoms with van der Waals surface area (Å²) in [7, 11) is 0. The van der Waals surface area contributed by atoms with Gasteiger partial charge in [0.1, 0.15) is 5.82 Å². The van der Waals surface area contributed by atoms with E-state index in [9.17, 15) is 9.18 Å². The average molecular weight is 382 g/mol. The number of hydrogen-bond donors (Lipinski definition) is 1. The summed E-state index contributed by atoms with van der Waals surface area (Å²) < 4.78 is 13.5. The van der Waals surface area contributed by atoms with Crippen molar-refractivity contribution in [2.75, 3.05) is 6.54 Å². The smallest absolute Gasteiger partial charge is 0.255 e. The van der Waals surface area contributed by atoms with Crippen molar-refractivity contribution in [3.05, 3.63) is 108 Å². The van der Waals surface area contributed by atoms with Crippen molar-refractivity contribution < 1.29 is 9.18 Å². The lowest BCUT2D eigenvalue weighted by Crippen LogP contribution is -2.29. The Balaban J connectivity index is 1.81. The lowest BCUT2D eigenvalue weighted by atomic mass is 9.93. The van der Waals surface area contributed by atoms with Gasteiger partial charge in [0.05, 0.1) is 11.7 Å². The van der Waals surface area contributed by atoms with Gasteiger partial charge in [-0.3, -0.25) is 4.79 Å². The number of hydrogen-bond acceptors (Lipinski definition) is 1. The number of carbonyl (C=O) groups is 1. The molecule has 0 bridgehead atoms. The van der Waals surface area contributed by atoms with E-state index in [1.807, 2.05) is 47.4 Å². The molecule has 1 aromatic heterocycles. The largest absolute Gasteiger partial charge is 0.354 e. The van der Waals surface area contributed by atoms with Crippen LogP contribution in [0.25, 0.3) is 22.2 Å². The van der Waals surface area contributed by atoms with Crippen LogP contribution in [0.5, 0.6) is 0 Å². The first kappa shape index (κ1) is 17.4. The number of aromatic amines is 1. The predicted molar refractivity (Wildman–Crippen MR) is 113 cm³/mol. The number of carbonyl (C=O) groups excluding carboxylic acids is 1. The number of rotatable bonds is 4. The highest BCUT2D eigenvalue weighted by Crippen LogP contribution is 2.45. The molecule has 0 saturated heterocycles. The van der Waals surface area contributed by atoms with E-state index in [1.54, 1.807) is 18.2 Å². The number of fused-ring (bicyclic) bond motifs is 2. The van der Waals surface area contributed by atoms with Crippen molar-refractivity contribution in [2.45, 2.75) is 6.04 Å². The molecule has 142 valence electrons. The maximum atomic E-state index is 13.5. The maximum absolute atomic E-state index is 13.5. The van der Waals surface area contributed by atoms with Crippen LogP contribution in [0.1, 0.15) is 27.5 Å². The molecular formula is C25H19FN2O. The summed E-state index contributed by atoms with van der Waals surface area (Å²) in [4.78, 5) is 18.5. The number of para-hydroxylation sites is 1. The van der Waals surface area contributed by atoms with Gasteiger partial charge in [0.15, 0.2) is 0 Å². The van der Waals surface area contributed by atoms with E-state index in [4.69, 9.17) is 0 Å². The van der Waals surface area contributed by atoms with Gasteiger partial charge in [0.25, 0.3) is 5.91 Å². The van der Waals surface area contributed by atoms with E-state index in [2.05, 4.69) is 17.6 Å². The second kappa shape index (κ2) is 6.74. The molecule has 5 rings (SSSR count). The Morgan fingerprint density at radius 1 is 1.00 bits per heavy atom. The first-order valence-corrected chi connectivity index (χ1v) is 9.56. The minimum Gasteiger partial charge on any atom is -0.354 e. The van der Waals surface area contributed by atoms with Gasteiger partial charge in [-0.1, -0.05) is 42.5 Å². The molecule has 1 aliphatic rings. The monoisotopic (exact) mass is 382 g/mol. The fourth-order valence-electron chi connectivity index (χ4n) is 4.30. The van der Waals surface area contributed by atoms with E-state index in [0.717, 1.165) is 38.9 Å². The number of nitrogens with zero attached hydrogens (tertiary/aromatic N) is 1. The van der Waals surface area contributed by atoms with Gasteiger partial charge in [-0.2, -0.15) is 0 Å². The van der Waals surface area contributed by atoms with E-state index < -0.39 is 0 Å². The van der Waals surface area contributed by atoms with Crippen LogP contribution in [0.15, 0.2) is 85.5 Å². The van der Waals surface area contributed by atoms with Gasteiger partial charge < -0.3 is 9.88 Å². The molecule has 4 heteroatoms. The predicted octanol–water partition coefficient (Wildman–Crippen LogP) is 5.71. The first-order chi connectivity index (χ1) is 14.2. The van der Waals surface area contributed by atoms with Crippen LogP contribution in [0.4, 0.5) is 4.39 Å². The highest BCUT2D eigenvalue weighted by Gasteiger charge is 2.39. The van der Waals surface area contributed by atoms with Crippen LogP contribution < -0.4 is 0 Å². The lowest BCUT2D eigenvalue weighted by Gasteiger charge is -2.25. The van der Waals surface area contributed by atoms with Crippen molar-refractivity contribution in [1.82, 2.24) is 9.88 Å². The van der Waals surface area contributed by atoms with Crippen molar-refractivity contribution in [1.29, 1.82) is 0 Å². The molecular weight excluding hydrogens is 363 g/mol. The number of benzene rings is 3. The van der Waals surface area contributed by atoms with E-state index in [-0.39, 0.29) is 17.8 Å². The maximum Gasteiger partial charge on any atom is 0.255 e. The molecule has 0 saturated carbocycles. The van der Waals surface area contributed by atoms with Crippen molar-refractivity contribution in [3.63, 3.8) is 0 Å². The Kier molecular flexibility index (Phi) is 4.06. The molecule has 0 unspecified atom stereocenters. The fourth-order valence-corrected chi connectivity index (χ4v) is 4.30. The summed E-state index contributed by atoms with van der Waals surface area (Å²) >= 11 is 0. The molecule has 1 amide bonds. The van der Waals surface area contributed by atoms with Gasteiger partial charge in [-0.15, -0.1) is 6.58 Å². The van der Waals surface area contributed by atoms with Crippen LogP contribution in [0.2, 0.25) is 0 Å². The van der Waals surface area contributed by atoms with Crippen LogP contribution in [0, 0.1) is 5.82 Å². The number of aromatic nitrogens is 1. The van der Waals surface area contributed by atoms with Crippen LogP contribution in [-0.2, 0) is 0 Å². The summed E-state index contributed by atoms with van der Waals surface area (Å²) in [6, 6.07) is 22.0. The number of H-pyrrole nitrogens is 1. The summed E-state index contributed by atoms with van der Waals surface area (Å²) in [5, 5.41) is 1.05. The molecule has 0 spiro atoms. The second-order valence-corrected chi connectivity index (χ2v) is 7.20. The molecule has 29 heavy (non-hydrogen) atoms. The van der Waals surface area contributed by atoms with E-state index >= 15 is 0 Å². The van der Waals surface area contributed by atoms with Crippen molar-refractivity contribution >= 4 is 16.8 Å². The van der Waals surface area contributed by atoms with Crippen molar-refractivity contribution in [3.8, 4) is 11.3 Å². The zero-order valence-electron chi connectivity index (χ0n) is 15.7. The number of halogens is 1. The van der Waals surface area contributed by atoms with E-state index in [0.29, 0.717) is 6.54 Å². The Morgan fingerprint density at radius 2 is 1.72 bits per heavy atom. The number of amides is 1. The Morgan fingerprint density at radius 3 is 2.52 bits per heavy atom. The second-order valence-electron chi connectivity index (χ2n) is 7.20. The van der Waals surface area contributed by atoms with Crippen LogP contribution in [0.3, 0.4) is 0 Å². The summed E-state index contributed by atoms with van der Waals surface area (Å²) in [5.74, 6) is -0.276. The minimum atomic E-state index is -0.277. The summed E-state index contributed by atoms with van der Waals surface area (Å²) in [6.07, 6.45) is 1.75. The molecule has 0 aliphatic carbocycles. The van der Waals surface area contributed by atoms with Gasteiger partial charge in [-0.25, -0.2) is 4.39 Å². The Labute approximate surface area is 168 Å². The third-order valence-corrected chi connectivity index (χ3v) is 5.54. The minimum absolute atomic E-state index is 0.000775. The first-order valence-electron chi connectivity index (χ1n) is 9.56. The SMILES string of the molecule is C=CCN1C(=O)c2ccccc2[C@@H]1c1c(-c2ccc(F)cc2)[nH]c2ccccc12. The third-order valence-electron chi connectivity index (χ3n) is 5.54. The molecule has 1 aliphatic heterocycles. The molecule has 1 atom stereocenters. The average Bonchev–Trinajstić information content (AvgIpc) is 3.25. The fraction of sp³-hybridized carbons (Fsp3) is 0.0800. The lowest BCUT2D eigenvalue weighted by molar-refractivity contribution is 0.0771. The van der Waals surface area contributed by atoms with E-state index in [1.165, 1.54) is 12.1 Å². The van der Waals surface area contributed by atoms with Gasteiger partial charge in [0.2, 0.25) is 0 Å². The topological polar surface area (TPSA) is 36.1 Å². The van der Waals surface area contributed by atoms with Crippen molar-refractivity contribution in [2.24, 2.45) is 0 Å². The normalized spacial score (nSPS) is 15.7. The molecule has 3 aromatic carbocycles. The summed E-state index contributed by atoms with van der Waals surface area (Å²) in [6.45, 7) is 4.29. The standard InChI is InChI=1S/C25H19FN2O/c1-2-15-28-24(18-7-3-4-8-19(18)25(28)29)22-20-9-5-6-10-21(20)27-23(22)16-11-13-17(26)14-12-16/h2-14,24,27H,1,15H2/t24-/m1/s1. The highest BCUT2D eigenvalue weighted by atomic mass is 19.1. The van der Waals surface area contributed by atoms with Gasteiger partial charge in [0, 0.05) is 28.6 Å². The molecule has 0 fully saturated rings. The van der Waals surface area contributed by atoms with Gasteiger partial charge >= 0.3 is 0 Å². The zero-order valence-corrected chi connectivity index (χ0v) is 15.7. The Bertz CT molecular complexity index is 1240. The Hall–Kier alpha value is -3.66. The van der Waals surface area contributed by atoms with Crippen LogP contribution in [-0.4, -0.2) is 22.3 Å². The zero-order chi connectivity index (χ0) is 20.0. The molecule has 1 N–H and O–H groups in total. The molecule has 0 radical (unpaired) electrons. The molecule has 2 heterocycles. The molecule has 3 nitrogen and oxygen atoms in total. The number of nitrogens with one attached hydrogen (secondary N) is 1. The molecule has 4 aromatic rings. The summed E-state index contributed by atoms with van der Waals surface area (Å²) in [5.41, 5.74) is 5.48. The quantitative estimate of drug-likeness (QED) is 0.451. The highest BCUT2D eigenvalue weighted by molar-refractivity contribution is 6.02. The van der Waals surface area contributed by atoms with Crippen LogP contribution >= 0.6 is 0 Å². The third kappa shape index (κ3) is 2.68. The van der Waals surface area contributed by atoms with Gasteiger partial charge in [-0.05, 0) is 47.5 Å².